The third-order valence-electron chi connectivity index (χ3n) is 3.28. The Morgan fingerprint density at radius 3 is 2.70 bits per heavy atom. The quantitative estimate of drug-likeness (QED) is 0.772. The molecule has 1 nitrogen and oxygen atoms in total. The Hall–Kier alpha value is -0.390. The van der Waals surface area contributed by atoms with Crippen molar-refractivity contribution in [2.75, 3.05) is 12.3 Å². The van der Waals surface area contributed by atoms with E-state index in [1.54, 1.807) is 6.07 Å². The molecule has 0 aromatic heterocycles. The summed E-state index contributed by atoms with van der Waals surface area (Å²) in [5.41, 5.74) is -3.14. The minimum absolute atomic E-state index is 0.0499. The van der Waals surface area contributed by atoms with Crippen molar-refractivity contribution in [1.82, 2.24) is 5.32 Å². The molecule has 0 bridgehead atoms. The summed E-state index contributed by atoms with van der Waals surface area (Å²) in [6.45, 7) is 0.712. The largest absolute Gasteiger partial charge is 0.441 e. The minimum Gasteiger partial charge on any atom is -0.313 e. The molecule has 1 aliphatic carbocycles. The maximum Gasteiger partial charge on any atom is 0.441 e. The van der Waals surface area contributed by atoms with Crippen LogP contribution in [0.15, 0.2) is 24.3 Å². The molecule has 1 fully saturated rings. The first-order chi connectivity index (χ1) is 9.44. The van der Waals surface area contributed by atoms with Gasteiger partial charge in [-0.2, -0.15) is 13.2 Å². The number of hydrogen-bond acceptors (Lipinski definition) is 2. The van der Waals surface area contributed by atoms with E-state index >= 15 is 0 Å². The zero-order valence-electron chi connectivity index (χ0n) is 10.9. The van der Waals surface area contributed by atoms with Crippen LogP contribution in [-0.2, 0) is 0 Å². The average molecular weight is 324 g/mol. The van der Waals surface area contributed by atoms with Gasteiger partial charge in [0, 0.05) is 23.4 Å². The first kappa shape index (κ1) is 16.0. The Morgan fingerprint density at radius 1 is 1.35 bits per heavy atom. The number of thioether (sulfide) groups is 1. The maximum absolute atomic E-state index is 12.2. The van der Waals surface area contributed by atoms with E-state index in [9.17, 15) is 13.2 Å². The molecule has 1 aromatic carbocycles. The fourth-order valence-corrected chi connectivity index (χ4v) is 2.89. The molecule has 1 aromatic rings. The Labute approximate surface area is 126 Å². The van der Waals surface area contributed by atoms with Crippen LogP contribution < -0.4 is 5.32 Å². The number of hydrogen-bond donors (Lipinski definition) is 1. The summed E-state index contributed by atoms with van der Waals surface area (Å²) < 4.78 is 36.7. The lowest BCUT2D eigenvalue weighted by Gasteiger charge is -2.18. The van der Waals surface area contributed by atoms with E-state index in [1.165, 1.54) is 12.8 Å². The molecule has 1 unspecified atom stereocenters. The summed E-state index contributed by atoms with van der Waals surface area (Å²) in [5.74, 6) is 0.150. The fourth-order valence-electron chi connectivity index (χ4n) is 2.06. The van der Waals surface area contributed by atoms with Crippen LogP contribution in [0.25, 0.3) is 0 Å². The predicted molar refractivity (Wildman–Crippen MR) is 78.3 cm³/mol. The van der Waals surface area contributed by atoms with Crippen molar-refractivity contribution < 1.29 is 13.2 Å². The van der Waals surface area contributed by atoms with Gasteiger partial charge in [0.1, 0.15) is 0 Å². The van der Waals surface area contributed by atoms with Crippen molar-refractivity contribution in [2.45, 2.75) is 36.7 Å². The number of nitrogens with one attached hydrogen (secondary N) is 1. The van der Waals surface area contributed by atoms with Crippen molar-refractivity contribution in [3.05, 3.63) is 34.9 Å². The van der Waals surface area contributed by atoms with Crippen LogP contribution in [0.4, 0.5) is 13.2 Å². The van der Waals surface area contributed by atoms with Gasteiger partial charge in [-0.05, 0) is 42.9 Å². The molecule has 1 saturated carbocycles. The zero-order chi connectivity index (χ0) is 14.6. The lowest BCUT2D eigenvalue weighted by atomic mass is 9.96. The summed E-state index contributed by atoms with van der Waals surface area (Å²) in [6, 6.07) is 7.95. The summed E-state index contributed by atoms with van der Waals surface area (Å²) >= 11 is 6.01. The molecule has 0 aliphatic heterocycles. The Kier molecular flexibility index (Phi) is 5.64. The lowest BCUT2D eigenvalue weighted by Crippen LogP contribution is -2.24. The highest BCUT2D eigenvalue weighted by atomic mass is 35.5. The molecule has 20 heavy (non-hydrogen) atoms. The second-order valence-corrected chi connectivity index (χ2v) is 6.61. The summed E-state index contributed by atoms with van der Waals surface area (Å²) in [4.78, 5) is 0. The maximum atomic E-state index is 12.2. The number of rotatable bonds is 7. The zero-order valence-corrected chi connectivity index (χ0v) is 12.5. The van der Waals surface area contributed by atoms with Gasteiger partial charge in [0.2, 0.25) is 0 Å². The smallest absolute Gasteiger partial charge is 0.313 e. The first-order valence-corrected chi connectivity index (χ1v) is 8.00. The number of halogens is 4. The third kappa shape index (κ3) is 5.94. The van der Waals surface area contributed by atoms with Crippen LogP contribution in [0.3, 0.4) is 0 Å². The van der Waals surface area contributed by atoms with E-state index < -0.39 is 5.51 Å². The number of alkyl halides is 3. The van der Waals surface area contributed by atoms with Crippen molar-refractivity contribution in [3.63, 3.8) is 0 Å². The van der Waals surface area contributed by atoms with Crippen molar-refractivity contribution in [2.24, 2.45) is 0 Å². The molecule has 0 heterocycles. The van der Waals surface area contributed by atoms with E-state index in [-0.39, 0.29) is 23.4 Å². The SMILES string of the molecule is FC(F)(F)SCCC(CNC1CC1)c1cccc(Cl)c1. The fraction of sp³-hybridized carbons (Fsp3) is 0.571. The van der Waals surface area contributed by atoms with E-state index in [4.69, 9.17) is 11.6 Å². The van der Waals surface area contributed by atoms with Gasteiger partial charge in [-0.3, -0.25) is 0 Å². The van der Waals surface area contributed by atoms with Gasteiger partial charge in [0.05, 0.1) is 0 Å². The summed E-state index contributed by atoms with van der Waals surface area (Å²) in [7, 11) is 0. The first-order valence-electron chi connectivity index (χ1n) is 6.63. The number of benzene rings is 1. The van der Waals surface area contributed by atoms with Gasteiger partial charge in [-0.1, -0.05) is 35.5 Å². The van der Waals surface area contributed by atoms with Crippen molar-refractivity contribution >= 4 is 23.4 Å². The Balaban J connectivity index is 1.92. The van der Waals surface area contributed by atoms with Crippen molar-refractivity contribution in [3.8, 4) is 0 Å². The molecular weight excluding hydrogens is 307 g/mol. The highest BCUT2D eigenvalue weighted by Crippen LogP contribution is 2.33. The van der Waals surface area contributed by atoms with Crippen LogP contribution in [0, 0.1) is 0 Å². The molecule has 2 rings (SSSR count). The van der Waals surface area contributed by atoms with Crippen LogP contribution >= 0.6 is 23.4 Å². The molecule has 0 radical (unpaired) electrons. The van der Waals surface area contributed by atoms with Crippen LogP contribution in [0.1, 0.15) is 30.7 Å². The van der Waals surface area contributed by atoms with Crippen LogP contribution in [0.5, 0.6) is 0 Å². The molecular formula is C14H17ClF3NS. The van der Waals surface area contributed by atoms with E-state index in [0.717, 1.165) is 5.56 Å². The Bertz CT molecular complexity index is 435. The molecule has 0 saturated heterocycles. The van der Waals surface area contributed by atoms with Crippen LogP contribution in [0.2, 0.25) is 5.02 Å². The standard InChI is InChI=1S/C14H17ClF3NS/c15-12-3-1-2-10(8-12)11(9-19-13-4-5-13)6-7-20-14(16,17)18/h1-3,8,11,13,19H,4-7,9H2. The third-order valence-corrected chi connectivity index (χ3v) is 4.28. The monoisotopic (exact) mass is 323 g/mol. The highest BCUT2D eigenvalue weighted by molar-refractivity contribution is 8.00. The lowest BCUT2D eigenvalue weighted by molar-refractivity contribution is -0.0328. The van der Waals surface area contributed by atoms with Crippen molar-refractivity contribution in [1.29, 1.82) is 0 Å². The molecule has 6 heteroatoms. The van der Waals surface area contributed by atoms with Gasteiger partial charge in [-0.25, -0.2) is 0 Å². The van der Waals surface area contributed by atoms with Gasteiger partial charge in [-0.15, -0.1) is 0 Å². The van der Waals surface area contributed by atoms with Gasteiger partial charge in [0.25, 0.3) is 0 Å². The average Bonchev–Trinajstić information content (AvgIpc) is 3.16. The molecule has 1 N–H and O–H groups in total. The predicted octanol–water partition coefficient (Wildman–Crippen LogP) is 4.82. The van der Waals surface area contributed by atoms with Gasteiger partial charge >= 0.3 is 5.51 Å². The summed E-state index contributed by atoms with van der Waals surface area (Å²) in [6.07, 6.45) is 2.82. The minimum atomic E-state index is -4.15. The topological polar surface area (TPSA) is 12.0 Å². The van der Waals surface area contributed by atoms with E-state index in [2.05, 4.69) is 5.32 Å². The van der Waals surface area contributed by atoms with Gasteiger partial charge < -0.3 is 5.32 Å². The summed E-state index contributed by atoms with van der Waals surface area (Å²) in [5, 5.41) is 4.02. The van der Waals surface area contributed by atoms with E-state index in [0.29, 0.717) is 24.0 Å². The van der Waals surface area contributed by atoms with E-state index in [1.807, 2.05) is 18.2 Å². The molecule has 0 spiro atoms. The van der Waals surface area contributed by atoms with Gasteiger partial charge in [0.15, 0.2) is 0 Å². The highest BCUT2D eigenvalue weighted by Gasteiger charge is 2.28. The second kappa shape index (κ2) is 7.05. The molecule has 0 amide bonds. The molecule has 112 valence electrons. The second-order valence-electron chi connectivity index (χ2n) is 5.02. The Morgan fingerprint density at radius 2 is 2.10 bits per heavy atom. The molecule has 1 aliphatic rings. The molecule has 1 atom stereocenters. The normalized spacial score (nSPS) is 17.2. The van der Waals surface area contributed by atoms with Crippen LogP contribution in [-0.4, -0.2) is 23.8 Å².